The van der Waals surface area contributed by atoms with Crippen LogP contribution < -0.4 is 9.47 Å². The van der Waals surface area contributed by atoms with Crippen molar-refractivity contribution in [2.24, 2.45) is 5.92 Å². The molecule has 32 heavy (non-hydrogen) atoms. The molecule has 0 fully saturated rings. The number of benzene rings is 2. The number of halogens is 6. The molecule has 0 atom stereocenters. The molecule has 5 nitrogen and oxygen atoms in total. The number of nitrogens with zero attached hydrogens (tertiary/aromatic N) is 1. The molecule has 174 valence electrons. The molecule has 0 bridgehead atoms. The number of hydrogen-bond donors (Lipinski definition) is 0. The van der Waals surface area contributed by atoms with Crippen molar-refractivity contribution < 1.29 is 45.4 Å². The van der Waals surface area contributed by atoms with Gasteiger partial charge < -0.3 is 9.47 Å². The zero-order chi connectivity index (χ0) is 24.3. The molecule has 0 saturated heterocycles. The maximum Gasteiger partial charge on any atom is 0.263 e. The third-order valence-corrected chi connectivity index (χ3v) is 4.52. The summed E-state index contributed by atoms with van der Waals surface area (Å²) in [5.74, 6) is -15.3. The summed E-state index contributed by atoms with van der Waals surface area (Å²) in [6.07, 6.45) is 0.141. The standard InChI is InChI=1S/C21H19F6NO4/c1-9(2)5-6-28(20(29)10-7-12(22)16(26)18(31-3)14(10)24)21(30)11-8-13(23)17(27)19(32-4)15(11)25/h7-9H,5-6H2,1-4H3. The van der Waals surface area contributed by atoms with Crippen LogP contribution in [0.25, 0.3) is 0 Å². The summed E-state index contributed by atoms with van der Waals surface area (Å²) in [6, 6.07) is 0.431. The van der Waals surface area contributed by atoms with Crippen LogP contribution in [-0.4, -0.2) is 37.5 Å². The van der Waals surface area contributed by atoms with Crippen LogP contribution in [0.15, 0.2) is 12.1 Å². The van der Waals surface area contributed by atoms with E-state index in [-0.39, 0.29) is 24.5 Å². The first-order valence-corrected chi connectivity index (χ1v) is 9.25. The van der Waals surface area contributed by atoms with E-state index in [0.717, 1.165) is 14.2 Å². The topological polar surface area (TPSA) is 55.8 Å². The summed E-state index contributed by atoms with van der Waals surface area (Å²) in [7, 11) is 1.67. The first-order chi connectivity index (χ1) is 15.0. The summed E-state index contributed by atoms with van der Waals surface area (Å²) in [5.41, 5.74) is -2.15. The number of amides is 2. The molecular formula is C21H19F6NO4. The minimum atomic E-state index is -1.70. The monoisotopic (exact) mass is 463 g/mol. The Balaban J connectivity index is 2.64. The van der Waals surface area contributed by atoms with Gasteiger partial charge in [0.05, 0.1) is 25.3 Å². The van der Waals surface area contributed by atoms with Crippen molar-refractivity contribution >= 4 is 11.8 Å². The Bertz CT molecular complexity index is 980. The highest BCUT2D eigenvalue weighted by molar-refractivity contribution is 6.10. The number of rotatable bonds is 7. The van der Waals surface area contributed by atoms with Gasteiger partial charge in [0, 0.05) is 6.54 Å². The van der Waals surface area contributed by atoms with Gasteiger partial charge in [0.15, 0.2) is 34.8 Å². The molecule has 0 heterocycles. The summed E-state index contributed by atoms with van der Waals surface area (Å²) in [5, 5.41) is 0. The van der Waals surface area contributed by atoms with E-state index in [9.17, 15) is 35.9 Å². The number of ether oxygens (including phenoxy) is 2. The molecular weight excluding hydrogens is 444 g/mol. The summed E-state index contributed by atoms with van der Waals surface area (Å²) >= 11 is 0. The zero-order valence-electron chi connectivity index (χ0n) is 17.5. The van der Waals surface area contributed by atoms with Crippen molar-refractivity contribution in [1.82, 2.24) is 4.90 Å². The second kappa shape index (κ2) is 9.92. The number of imide groups is 1. The second-order valence-electron chi connectivity index (χ2n) is 7.08. The molecule has 0 aliphatic heterocycles. The fraction of sp³-hybridized carbons (Fsp3) is 0.333. The first kappa shape index (κ1) is 25.0. The van der Waals surface area contributed by atoms with E-state index in [4.69, 9.17) is 0 Å². The fourth-order valence-electron chi connectivity index (χ4n) is 2.80. The van der Waals surface area contributed by atoms with Gasteiger partial charge in [0.2, 0.25) is 11.6 Å². The molecule has 0 aliphatic carbocycles. The Kier molecular flexibility index (Phi) is 7.76. The largest absolute Gasteiger partial charge is 0.491 e. The summed E-state index contributed by atoms with van der Waals surface area (Å²) < 4.78 is 93.3. The third kappa shape index (κ3) is 4.66. The predicted molar refractivity (Wildman–Crippen MR) is 101 cm³/mol. The average molecular weight is 463 g/mol. The predicted octanol–water partition coefficient (Wildman–Crippen LogP) is 4.87. The highest BCUT2D eigenvalue weighted by Crippen LogP contribution is 2.30. The van der Waals surface area contributed by atoms with Crippen molar-refractivity contribution in [1.29, 1.82) is 0 Å². The quantitative estimate of drug-likeness (QED) is 0.334. The maximum atomic E-state index is 14.6. The summed E-state index contributed by atoms with van der Waals surface area (Å²) in [4.78, 5) is 26.2. The van der Waals surface area contributed by atoms with Crippen LogP contribution in [0.2, 0.25) is 0 Å². The molecule has 0 N–H and O–H groups in total. The van der Waals surface area contributed by atoms with Gasteiger partial charge in [-0.05, 0) is 24.5 Å². The molecule has 0 unspecified atom stereocenters. The van der Waals surface area contributed by atoms with Gasteiger partial charge in [-0.15, -0.1) is 0 Å². The van der Waals surface area contributed by atoms with Crippen molar-refractivity contribution in [3.05, 3.63) is 58.2 Å². The van der Waals surface area contributed by atoms with E-state index in [1.54, 1.807) is 13.8 Å². The Morgan fingerprint density at radius 1 is 0.781 bits per heavy atom. The van der Waals surface area contributed by atoms with Crippen LogP contribution in [-0.2, 0) is 0 Å². The Morgan fingerprint density at radius 3 is 1.47 bits per heavy atom. The van der Waals surface area contributed by atoms with Crippen molar-refractivity contribution in [2.75, 3.05) is 20.8 Å². The van der Waals surface area contributed by atoms with Gasteiger partial charge in [0.25, 0.3) is 11.8 Å². The number of carbonyl (C=O) groups excluding carboxylic acids is 2. The molecule has 11 heteroatoms. The average Bonchev–Trinajstić information content (AvgIpc) is 2.73. The lowest BCUT2D eigenvalue weighted by atomic mass is 10.1. The molecule has 0 saturated carbocycles. The van der Waals surface area contributed by atoms with E-state index in [2.05, 4.69) is 9.47 Å². The van der Waals surface area contributed by atoms with E-state index in [0.29, 0.717) is 4.90 Å². The van der Waals surface area contributed by atoms with Crippen LogP contribution in [0, 0.1) is 40.8 Å². The van der Waals surface area contributed by atoms with Crippen LogP contribution >= 0.6 is 0 Å². The molecule has 2 rings (SSSR count). The zero-order valence-corrected chi connectivity index (χ0v) is 17.5. The molecule has 0 radical (unpaired) electrons. The van der Waals surface area contributed by atoms with Crippen LogP contribution in [0.5, 0.6) is 11.5 Å². The third-order valence-electron chi connectivity index (χ3n) is 4.52. The number of hydrogen-bond acceptors (Lipinski definition) is 4. The van der Waals surface area contributed by atoms with Crippen molar-refractivity contribution in [3.8, 4) is 11.5 Å². The van der Waals surface area contributed by atoms with Gasteiger partial charge in [-0.3, -0.25) is 14.5 Å². The molecule has 0 spiro atoms. The highest BCUT2D eigenvalue weighted by atomic mass is 19.2. The fourth-order valence-corrected chi connectivity index (χ4v) is 2.80. The maximum absolute atomic E-state index is 14.6. The van der Waals surface area contributed by atoms with E-state index >= 15 is 0 Å². The summed E-state index contributed by atoms with van der Waals surface area (Å²) in [6.45, 7) is 3.02. The van der Waals surface area contributed by atoms with Gasteiger partial charge in [-0.1, -0.05) is 13.8 Å². The van der Waals surface area contributed by atoms with Crippen molar-refractivity contribution in [2.45, 2.75) is 20.3 Å². The van der Waals surface area contributed by atoms with Crippen LogP contribution in [0.1, 0.15) is 41.0 Å². The molecule has 0 aromatic heterocycles. The Hall–Kier alpha value is -3.24. The number of carbonyl (C=O) groups is 2. The SMILES string of the molecule is COc1c(F)c(F)cc(C(=O)N(CCC(C)C)C(=O)c2cc(F)c(F)c(OC)c2F)c1F. The van der Waals surface area contributed by atoms with E-state index in [1.165, 1.54) is 0 Å². The minimum Gasteiger partial charge on any atom is -0.491 e. The Morgan fingerprint density at radius 2 is 1.16 bits per heavy atom. The minimum absolute atomic E-state index is 0.105. The van der Waals surface area contributed by atoms with Gasteiger partial charge in [-0.2, -0.15) is 8.78 Å². The van der Waals surface area contributed by atoms with Gasteiger partial charge >= 0.3 is 0 Å². The van der Waals surface area contributed by atoms with Crippen LogP contribution in [0.3, 0.4) is 0 Å². The normalized spacial score (nSPS) is 11.0. The van der Waals surface area contributed by atoms with E-state index < -0.39 is 75.9 Å². The molecule has 2 amide bonds. The van der Waals surface area contributed by atoms with Crippen molar-refractivity contribution in [3.63, 3.8) is 0 Å². The molecule has 2 aromatic carbocycles. The lowest BCUT2D eigenvalue weighted by Crippen LogP contribution is -2.39. The first-order valence-electron chi connectivity index (χ1n) is 9.25. The smallest absolute Gasteiger partial charge is 0.263 e. The van der Waals surface area contributed by atoms with E-state index in [1.807, 2.05) is 0 Å². The lowest BCUT2D eigenvalue weighted by Gasteiger charge is -2.23. The van der Waals surface area contributed by atoms with Crippen LogP contribution in [0.4, 0.5) is 26.3 Å². The van der Waals surface area contributed by atoms with Gasteiger partial charge in [-0.25, -0.2) is 17.6 Å². The second-order valence-corrected chi connectivity index (χ2v) is 7.08. The Labute approximate surface area is 179 Å². The van der Waals surface area contributed by atoms with Gasteiger partial charge in [0.1, 0.15) is 0 Å². The molecule has 0 aliphatic rings. The highest BCUT2D eigenvalue weighted by Gasteiger charge is 2.33. The molecule has 2 aromatic rings. The number of methoxy groups -OCH3 is 2. The lowest BCUT2D eigenvalue weighted by molar-refractivity contribution is 0.0602.